The van der Waals surface area contributed by atoms with E-state index in [-0.39, 0.29) is 12.2 Å². The highest BCUT2D eigenvalue weighted by Crippen LogP contribution is 2.35. The summed E-state index contributed by atoms with van der Waals surface area (Å²) in [4.78, 5) is 35.7. The quantitative estimate of drug-likeness (QED) is 0.492. The molecule has 1 aliphatic heterocycles. The largest absolute Gasteiger partial charge is 0.481 e. The zero-order valence-electron chi connectivity index (χ0n) is 13.7. The van der Waals surface area contributed by atoms with E-state index in [9.17, 15) is 14.4 Å². The average Bonchev–Trinajstić information content (AvgIpc) is 2.90. The number of carbonyl (C=O) groups is 3. The zero-order chi connectivity index (χ0) is 19.6. The summed E-state index contributed by atoms with van der Waals surface area (Å²) in [7, 11) is 0. The molecule has 2 aromatic rings. The van der Waals surface area contributed by atoms with Crippen molar-refractivity contribution in [3.8, 4) is 5.75 Å². The van der Waals surface area contributed by atoms with E-state index in [0.717, 1.165) is 0 Å². The first-order valence-electron chi connectivity index (χ1n) is 7.69. The fourth-order valence-electron chi connectivity index (χ4n) is 2.43. The molecule has 138 valence electrons. The number of primary amides is 1. The third-order valence-electron chi connectivity index (χ3n) is 3.60. The van der Waals surface area contributed by atoms with Crippen molar-refractivity contribution in [3.63, 3.8) is 0 Å². The van der Waals surface area contributed by atoms with Gasteiger partial charge in [0, 0.05) is 0 Å². The van der Waals surface area contributed by atoms with Crippen LogP contribution in [0.2, 0.25) is 0 Å². The number of amides is 3. The van der Waals surface area contributed by atoms with Crippen LogP contribution in [0, 0.1) is 0 Å². The molecule has 9 heteroatoms. The van der Waals surface area contributed by atoms with Crippen molar-refractivity contribution >= 4 is 61.3 Å². The van der Waals surface area contributed by atoms with Crippen molar-refractivity contribution in [2.24, 2.45) is 5.73 Å². The molecule has 1 fully saturated rings. The van der Waals surface area contributed by atoms with Gasteiger partial charge < -0.3 is 10.5 Å². The molecule has 1 saturated heterocycles. The molecular weight excluding hydrogens is 482 g/mol. The average molecular weight is 495 g/mol. The number of rotatable bonds is 5. The highest BCUT2D eigenvalue weighted by atomic mass is 79.9. The summed E-state index contributed by atoms with van der Waals surface area (Å²) in [5.41, 5.74) is 8.78. The molecule has 0 bridgehead atoms. The molecule has 7 nitrogen and oxygen atoms in total. The summed E-state index contributed by atoms with van der Waals surface area (Å²) in [6.45, 7) is -0.273. The predicted octanol–water partition coefficient (Wildman–Crippen LogP) is 2.54. The summed E-state index contributed by atoms with van der Waals surface area (Å²) in [5.74, 6) is -1.16. The third-order valence-corrected chi connectivity index (χ3v) is 4.77. The lowest BCUT2D eigenvalue weighted by Crippen LogP contribution is -2.35. The number of nitrogens with two attached hydrogens (primary N) is 1. The topological polar surface area (TPSA) is 102 Å². The molecular formula is C18H13Br2N3O4. The van der Waals surface area contributed by atoms with Gasteiger partial charge >= 0.3 is 0 Å². The minimum absolute atomic E-state index is 0.00320. The van der Waals surface area contributed by atoms with Gasteiger partial charge in [-0.3, -0.25) is 19.8 Å². The van der Waals surface area contributed by atoms with Crippen LogP contribution in [-0.2, 0) is 14.4 Å². The lowest BCUT2D eigenvalue weighted by atomic mass is 10.1. The Morgan fingerprint density at radius 2 is 1.78 bits per heavy atom. The third kappa shape index (κ3) is 4.20. The maximum Gasteiger partial charge on any atom is 0.282 e. The van der Waals surface area contributed by atoms with Crippen LogP contribution >= 0.6 is 31.9 Å². The smallest absolute Gasteiger partial charge is 0.282 e. The summed E-state index contributed by atoms with van der Waals surface area (Å²) in [6, 6.07) is 12.1. The van der Waals surface area contributed by atoms with E-state index >= 15 is 0 Å². The molecule has 0 atom stereocenters. The van der Waals surface area contributed by atoms with Crippen molar-refractivity contribution in [1.29, 1.82) is 0 Å². The number of ether oxygens (including phenoxy) is 1. The second-order valence-corrected chi connectivity index (χ2v) is 7.25. The number of anilines is 1. The van der Waals surface area contributed by atoms with Crippen LogP contribution in [0.4, 0.5) is 5.69 Å². The molecule has 3 amide bonds. The Bertz CT molecular complexity index is 937. The van der Waals surface area contributed by atoms with Gasteiger partial charge in [-0.2, -0.15) is 0 Å². The molecule has 0 aromatic heterocycles. The molecule has 1 aliphatic rings. The van der Waals surface area contributed by atoms with Crippen LogP contribution in [0.3, 0.4) is 0 Å². The van der Waals surface area contributed by atoms with E-state index in [2.05, 4.69) is 37.3 Å². The fraction of sp³-hybridized carbons (Fsp3) is 0.0556. The van der Waals surface area contributed by atoms with Crippen LogP contribution in [0.15, 0.2) is 57.0 Å². The molecule has 1 heterocycles. The molecule has 27 heavy (non-hydrogen) atoms. The van der Waals surface area contributed by atoms with E-state index in [1.807, 2.05) is 6.07 Å². The van der Waals surface area contributed by atoms with E-state index in [4.69, 9.17) is 10.5 Å². The van der Waals surface area contributed by atoms with Crippen LogP contribution in [0.5, 0.6) is 5.75 Å². The summed E-state index contributed by atoms with van der Waals surface area (Å²) in [5, 5.41) is 1.20. The standard InChI is InChI=1S/C18H13Br2N3O4/c19-13-7-10(8-14(20)16(13)27-9-15(21)24)6-12-17(25)22-23(18(12)26)11-4-2-1-3-5-11/h1-8H,9H2,(H2,21,24)(H,22,25). The van der Waals surface area contributed by atoms with Crippen molar-refractivity contribution in [2.75, 3.05) is 11.6 Å². The lowest BCUT2D eigenvalue weighted by molar-refractivity contribution is -0.120. The molecule has 0 unspecified atom stereocenters. The Morgan fingerprint density at radius 3 is 2.37 bits per heavy atom. The van der Waals surface area contributed by atoms with E-state index in [0.29, 0.717) is 25.9 Å². The van der Waals surface area contributed by atoms with Crippen LogP contribution < -0.4 is 20.9 Å². The number of para-hydroxylation sites is 1. The van der Waals surface area contributed by atoms with Gasteiger partial charge in [0.2, 0.25) is 0 Å². The Morgan fingerprint density at radius 1 is 1.15 bits per heavy atom. The van der Waals surface area contributed by atoms with Gasteiger partial charge in [0.25, 0.3) is 17.7 Å². The first-order chi connectivity index (χ1) is 12.9. The highest BCUT2D eigenvalue weighted by Gasteiger charge is 2.34. The Hall–Kier alpha value is -2.65. The van der Waals surface area contributed by atoms with Crippen molar-refractivity contribution in [1.82, 2.24) is 5.43 Å². The molecule has 2 aromatic carbocycles. The summed E-state index contributed by atoms with van der Waals surface area (Å²) >= 11 is 6.69. The molecule has 3 rings (SSSR count). The van der Waals surface area contributed by atoms with Gasteiger partial charge in [-0.25, -0.2) is 5.01 Å². The minimum atomic E-state index is -0.603. The number of halogens is 2. The van der Waals surface area contributed by atoms with Crippen LogP contribution in [0.1, 0.15) is 5.56 Å². The second-order valence-electron chi connectivity index (χ2n) is 5.54. The van der Waals surface area contributed by atoms with Crippen molar-refractivity contribution in [3.05, 3.63) is 62.5 Å². The van der Waals surface area contributed by atoms with Gasteiger partial charge in [-0.15, -0.1) is 0 Å². The van der Waals surface area contributed by atoms with Crippen LogP contribution in [-0.4, -0.2) is 24.3 Å². The van der Waals surface area contributed by atoms with Crippen molar-refractivity contribution < 1.29 is 19.1 Å². The van der Waals surface area contributed by atoms with Crippen molar-refractivity contribution in [2.45, 2.75) is 0 Å². The molecule has 0 saturated carbocycles. The molecule has 3 N–H and O–H groups in total. The van der Waals surface area contributed by atoms with E-state index in [1.165, 1.54) is 11.1 Å². The Balaban J connectivity index is 1.89. The summed E-state index contributed by atoms with van der Waals surface area (Å²) < 4.78 is 6.40. The number of carbonyl (C=O) groups excluding carboxylic acids is 3. The molecule has 0 aliphatic carbocycles. The monoisotopic (exact) mass is 493 g/mol. The lowest BCUT2D eigenvalue weighted by Gasteiger charge is -2.13. The van der Waals surface area contributed by atoms with Gasteiger partial charge in [0.1, 0.15) is 11.3 Å². The Labute approximate surface area is 171 Å². The Kier molecular flexibility index (Phi) is 5.62. The SMILES string of the molecule is NC(=O)COc1c(Br)cc(C=C2C(=O)NN(c3ccccc3)C2=O)cc1Br. The minimum Gasteiger partial charge on any atom is -0.481 e. The van der Waals surface area contributed by atoms with Gasteiger partial charge in [-0.1, -0.05) is 18.2 Å². The van der Waals surface area contributed by atoms with Crippen LogP contribution in [0.25, 0.3) is 6.08 Å². The van der Waals surface area contributed by atoms with Gasteiger partial charge in [0.15, 0.2) is 6.61 Å². The number of nitrogens with zero attached hydrogens (tertiary/aromatic N) is 1. The number of hydrazine groups is 1. The van der Waals surface area contributed by atoms with Gasteiger partial charge in [-0.05, 0) is 67.8 Å². The highest BCUT2D eigenvalue weighted by molar-refractivity contribution is 9.11. The summed E-state index contributed by atoms with van der Waals surface area (Å²) in [6.07, 6.45) is 1.48. The predicted molar refractivity (Wildman–Crippen MR) is 107 cm³/mol. The maximum atomic E-state index is 12.6. The zero-order valence-corrected chi connectivity index (χ0v) is 16.9. The second kappa shape index (κ2) is 7.93. The van der Waals surface area contributed by atoms with Gasteiger partial charge in [0.05, 0.1) is 14.6 Å². The fourth-order valence-corrected chi connectivity index (χ4v) is 3.88. The first kappa shape index (κ1) is 19.1. The van der Waals surface area contributed by atoms with E-state index < -0.39 is 17.7 Å². The number of benzene rings is 2. The number of hydrogen-bond donors (Lipinski definition) is 2. The number of nitrogens with one attached hydrogen (secondary N) is 1. The maximum absolute atomic E-state index is 12.6. The first-order valence-corrected chi connectivity index (χ1v) is 9.27. The molecule has 0 spiro atoms. The van der Waals surface area contributed by atoms with E-state index in [1.54, 1.807) is 36.4 Å². The normalized spacial score (nSPS) is 15.2. The number of hydrogen-bond acceptors (Lipinski definition) is 4. The molecule has 0 radical (unpaired) electrons.